The predicted molar refractivity (Wildman–Crippen MR) is 100 cm³/mol. The molecule has 0 spiro atoms. The minimum Gasteiger partial charge on any atom is -0.465 e. The van der Waals surface area contributed by atoms with Crippen LogP contribution in [0, 0.1) is 11.6 Å². The molecule has 3 aromatic rings. The molecule has 0 aromatic heterocycles. The highest BCUT2D eigenvalue weighted by molar-refractivity contribution is 7.92. The Balaban J connectivity index is 2.00. The van der Waals surface area contributed by atoms with Gasteiger partial charge in [0.05, 0.1) is 23.3 Å². The number of carbonyl (C=O) groups excluding carboxylic acids is 1. The summed E-state index contributed by atoms with van der Waals surface area (Å²) in [5.41, 5.74) is 0.120. The fourth-order valence-electron chi connectivity index (χ4n) is 2.58. The minimum atomic E-state index is -4.23. The van der Waals surface area contributed by atoms with E-state index in [1.807, 2.05) is 0 Å². The summed E-state index contributed by atoms with van der Waals surface area (Å²) in [4.78, 5) is 11.3. The fraction of sp³-hybridized carbons (Fsp3) is 0.0500. The van der Waals surface area contributed by atoms with Crippen LogP contribution in [-0.4, -0.2) is 21.5 Å². The number of anilines is 1. The van der Waals surface area contributed by atoms with E-state index in [0.717, 1.165) is 12.1 Å². The largest absolute Gasteiger partial charge is 0.465 e. The number of hydrogen-bond donors (Lipinski definition) is 1. The number of esters is 1. The zero-order valence-corrected chi connectivity index (χ0v) is 15.5. The van der Waals surface area contributed by atoms with E-state index in [4.69, 9.17) is 0 Å². The van der Waals surface area contributed by atoms with Gasteiger partial charge in [-0.15, -0.1) is 0 Å². The van der Waals surface area contributed by atoms with Crippen LogP contribution in [0.1, 0.15) is 10.4 Å². The number of nitrogens with one attached hydrogen (secondary N) is 1. The zero-order chi connectivity index (χ0) is 20.3. The van der Waals surface area contributed by atoms with Crippen LogP contribution < -0.4 is 4.72 Å². The molecule has 0 aliphatic heterocycles. The molecule has 8 heteroatoms. The second-order valence-electron chi connectivity index (χ2n) is 5.80. The molecular weight excluding hydrogens is 388 g/mol. The van der Waals surface area contributed by atoms with E-state index in [1.54, 1.807) is 30.3 Å². The Morgan fingerprint density at radius 1 is 0.929 bits per heavy atom. The van der Waals surface area contributed by atoms with Crippen molar-refractivity contribution in [2.24, 2.45) is 0 Å². The number of hydrogen-bond acceptors (Lipinski definition) is 4. The number of sulfonamides is 1. The van der Waals surface area contributed by atoms with Gasteiger partial charge in [0.25, 0.3) is 10.0 Å². The Hall–Kier alpha value is -3.26. The van der Waals surface area contributed by atoms with E-state index in [1.165, 1.54) is 25.3 Å². The van der Waals surface area contributed by atoms with Crippen LogP contribution in [0.2, 0.25) is 0 Å². The van der Waals surface area contributed by atoms with Gasteiger partial charge < -0.3 is 4.74 Å². The Kier molecular flexibility index (Phi) is 5.41. The SMILES string of the molecule is COC(=O)c1cccc(S(=O)(=O)Nc2cc(-c3ccccc3)c(F)cc2F)c1. The molecule has 0 atom stereocenters. The Bertz CT molecular complexity index is 1130. The maximum Gasteiger partial charge on any atom is 0.337 e. The quantitative estimate of drug-likeness (QED) is 0.648. The molecule has 144 valence electrons. The summed E-state index contributed by atoms with van der Waals surface area (Å²) >= 11 is 0. The lowest BCUT2D eigenvalue weighted by atomic mass is 10.0. The van der Waals surface area contributed by atoms with Crippen LogP contribution in [0.4, 0.5) is 14.5 Å². The highest BCUT2D eigenvalue weighted by atomic mass is 32.2. The average molecular weight is 403 g/mol. The Labute approximate surface area is 160 Å². The predicted octanol–water partition coefficient (Wildman–Crippen LogP) is 4.22. The molecule has 28 heavy (non-hydrogen) atoms. The fourth-order valence-corrected chi connectivity index (χ4v) is 3.68. The third-order valence-electron chi connectivity index (χ3n) is 3.95. The van der Waals surface area contributed by atoms with Gasteiger partial charge in [0.1, 0.15) is 11.6 Å². The van der Waals surface area contributed by atoms with Crippen LogP contribution in [-0.2, 0) is 14.8 Å². The monoisotopic (exact) mass is 403 g/mol. The van der Waals surface area contributed by atoms with Gasteiger partial charge in [0, 0.05) is 11.6 Å². The molecule has 0 amide bonds. The molecule has 5 nitrogen and oxygen atoms in total. The van der Waals surface area contributed by atoms with Crippen molar-refractivity contribution < 1.29 is 26.7 Å². The summed E-state index contributed by atoms with van der Waals surface area (Å²) in [6.07, 6.45) is 0. The second kappa shape index (κ2) is 7.77. The van der Waals surface area contributed by atoms with Crippen molar-refractivity contribution in [1.82, 2.24) is 0 Å². The van der Waals surface area contributed by atoms with Crippen LogP contribution in [0.15, 0.2) is 71.6 Å². The van der Waals surface area contributed by atoms with E-state index < -0.39 is 33.3 Å². The third-order valence-corrected chi connectivity index (χ3v) is 5.31. The van der Waals surface area contributed by atoms with Gasteiger partial charge in [0.2, 0.25) is 0 Å². The van der Waals surface area contributed by atoms with Crippen molar-refractivity contribution in [3.05, 3.63) is 83.9 Å². The number of halogens is 2. The van der Waals surface area contributed by atoms with E-state index in [0.29, 0.717) is 11.6 Å². The molecule has 0 saturated carbocycles. The van der Waals surface area contributed by atoms with Crippen molar-refractivity contribution >= 4 is 21.7 Å². The number of rotatable bonds is 5. The Morgan fingerprint density at radius 2 is 1.64 bits per heavy atom. The van der Waals surface area contributed by atoms with Crippen molar-refractivity contribution in [3.8, 4) is 11.1 Å². The number of ether oxygens (including phenoxy) is 1. The van der Waals surface area contributed by atoms with Gasteiger partial charge in [-0.25, -0.2) is 22.0 Å². The first kappa shape index (κ1) is 19.5. The lowest BCUT2D eigenvalue weighted by Crippen LogP contribution is -2.15. The molecule has 0 fully saturated rings. The third kappa shape index (κ3) is 4.01. The van der Waals surface area contributed by atoms with E-state index in [9.17, 15) is 22.0 Å². The summed E-state index contributed by atoms with van der Waals surface area (Å²) in [5.74, 6) is -2.60. The molecule has 3 aromatic carbocycles. The van der Waals surface area contributed by atoms with Crippen molar-refractivity contribution in [2.75, 3.05) is 11.8 Å². The first-order valence-electron chi connectivity index (χ1n) is 8.07. The molecule has 0 heterocycles. The van der Waals surface area contributed by atoms with Crippen molar-refractivity contribution in [1.29, 1.82) is 0 Å². The summed E-state index contributed by atoms with van der Waals surface area (Å²) in [6.45, 7) is 0. The normalized spacial score (nSPS) is 11.1. The first-order valence-corrected chi connectivity index (χ1v) is 9.56. The van der Waals surface area contributed by atoms with Gasteiger partial charge in [-0.2, -0.15) is 0 Å². The summed E-state index contributed by atoms with van der Waals surface area (Å²) in [6, 6.07) is 15.1. The van der Waals surface area contributed by atoms with Crippen LogP contribution >= 0.6 is 0 Å². The second-order valence-corrected chi connectivity index (χ2v) is 7.49. The van der Waals surface area contributed by atoms with E-state index >= 15 is 0 Å². The van der Waals surface area contributed by atoms with Crippen LogP contribution in [0.3, 0.4) is 0 Å². The standard InChI is InChI=1S/C20H15F2NO4S/c1-27-20(24)14-8-5-9-15(10-14)28(25,26)23-19-11-16(17(21)12-18(19)22)13-6-3-2-4-7-13/h2-12,23H,1H3. The highest BCUT2D eigenvalue weighted by Gasteiger charge is 2.20. The maximum absolute atomic E-state index is 14.2. The summed E-state index contributed by atoms with van der Waals surface area (Å²) in [5, 5.41) is 0. The van der Waals surface area contributed by atoms with Crippen molar-refractivity contribution in [3.63, 3.8) is 0 Å². The maximum atomic E-state index is 14.2. The van der Waals surface area contributed by atoms with Gasteiger partial charge in [-0.05, 0) is 29.8 Å². The van der Waals surface area contributed by atoms with Crippen LogP contribution in [0.25, 0.3) is 11.1 Å². The smallest absolute Gasteiger partial charge is 0.337 e. The van der Waals surface area contributed by atoms with E-state index in [-0.39, 0.29) is 16.0 Å². The van der Waals surface area contributed by atoms with Gasteiger partial charge in [-0.3, -0.25) is 4.72 Å². The molecule has 1 N–H and O–H groups in total. The number of carbonyl (C=O) groups is 1. The average Bonchev–Trinajstić information content (AvgIpc) is 2.70. The molecule has 3 rings (SSSR count). The Morgan fingerprint density at radius 3 is 2.32 bits per heavy atom. The summed E-state index contributed by atoms with van der Waals surface area (Å²) in [7, 11) is -3.06. The van der Waals surface area contributed by atoms with Gasteiger partial charge in [0.15, 0.2) is 0 Å². The van der Waals surface area contributed by atoms with Crippen LogP contribution in [0.5, 0.6) is 0 Å². The molecular formula is C20H15F2NO4S. The number of methoxy groups -OCH3 is 1. The minimum absolute atomic E-state index is 0.0231. The molecule has 0 aliphatic rings. The molecule has 0 radical (unpaired) electrons. The van der Waals surface area contributed by atoms with Gasteiger partial charge in [-0.1, -0.05) is 36.4 Å². The van der Waals surface area contributed by atoms with E-state index in [2.05, 4.69) is 9.46 Å². The number of benzene rings is 3. The lowest BCUT2D eigenvalue weighted by Gasteiger charge is -2.12. The topological polar surface area (TPSA) is 72.5 Å². The first-order chi connectivity index (χ1) is 13.3. The molecule has 0 bridgehead atoms. The zero-order valence-electron chi connectivity index (χ0n) is 14.6. The lowest BCUT2D eigenvalue weighted by molar-refractivity contribution is 0.0600. The van der Waals surface area contributed by atoms with Crippen molar-refractivity contribution in [2.45, 2.75) is 4.90 Å². The highest BCUT2D eigenvalue weighted by Crippen LogP contribution is 2.29. The molecule has 0 saturated heterocycles. The summed E-state index contributed by atoms with van der Waals surface area (Å²) < 4.78 is 60.3. The van der Waals surface area contributed by atoms with Gasteiger partial charge >= 0.3 is 5.97 Å². The molecule has 0 unspecified atom stereocenters. The molecule has 0 aliphatic carbocycles.